The second kappa shape index (κ2) is 6.64. The van der Waals surface area contributed by atoms with Gasteiger partial charge in [-0.3, -0.25) is 0 Å². The molecule has 1 aliphatic heterocycles. The Balaban J connectivity index is 1.72. The van der Waals surface area contributed by atoms with Gasteiger partial charge in [-0.1, -0.05) is 17.7 Å². The van der Waals surface area contributed by atoms with E-state index in [9.17, 15) is 19.7 Å². The van der Waals surface area contributed by atoms with Gasteiger partial charge in [-0.25, -0.2) is 14.4 Å². The lowest BCUT2D eigenvalue weighted by atomic mass is 9.88. The predicted molar refractivity (Wildman–Crippen MR) is 98.9 cm³/mol. The summed E-state index contributed by atoms with van der Waals surface area (Å²) >= 11 is 6.03. The molecular formula is C18H18ClFN4O4. The summed E-state index contributed by atoms with van der Waals surface area (Å²) in [6.07, 6.45) is -2.24. The van der Waals surface area contributed by atoms with E-state index in [-0.39, 0.29) is 16.4 Å². The Labute approximate surface area is 164 Å². The van der Waals surface area contributed by atoms with Crippen molar-refractivity contribution in [2.75, 3.05) is 5.73 Å². The Morgan fingerprint density at radius 1 is 1.36 bits per heavy atom. The maximum atomic E-state index is 13.3. The van der Waals surface area contributed by atoms with E-state index in [1.165, 1.54) is 23.9 Å². The fourth-order valence-electron chi connectivity index (χ4n) is 3.53. The van der Waals surface area contributed by atoms with Crippen LogP contribution in [0.15, 0.2) is 36.8 Å². The zero-order valence-electron chi connectivity index (χ0n) is 14.7. The molecule has 2 aromatic heterocycles. The van der Waals surface area contributed by atoms with Crippen LogP contribution in [0.4, 0.5) is 10.2 Å². The number of rotatable bonds is 3. The highest BCUT2D eigenvalue weighted by molar-refractivity contribution is 6.31. The number of aliphatic hydroxyl groups is 3. The van der Waals surface area contributed by atoms with Crippen LogP contribution in [0.25, 0.3) is 11.0 Å². The molecule has 3 aromatic rings. The molecule has 8 nitrogen and oxygen atoms in total. The zero-order valence-corrected chi connectivity index (χ0v) is 15.5. The summed E-state index contributed by atoms with van der Waals surface area (Å²) in [6, 6.07) is 5.16. The van der Waals surface area contributed by atoms with Gasteiger partial charge in [0.2, 0.25) is 0 Å². The van der Waals surface area contributed by atoms with E-state index in [1.807, 2.05) is 0 Å². The number of aromatic nitrogens is 3. The van der Waals surface area contributed by atoms with Crippen LogP contribution in [-0.4, -0.2) is 47.7 Å². The Morgan fingerprint density at radius 2 is 2.11 bits per heavy atom. The number of fused-ring (bicyclic) bond motifs is 1. The van der Waals surface area contributed by atoms with Crippen molar-refractivity contribution in [2.45, 2.75) is 37.1 Å². The fraction of sp³-hybridized carbons (Fsp3) is 0.333. The van der Waals surface area contributed by atoms with Crippen molar-refractivity contribution >= 4 is 28.5 Å². The minimum absolute atomic E-state index is 0.0169. The second-order valence-corrected chi connectivity index (χ2v) is 7.35. The molecule has 0 bridgehead atoms. The van der Waals surface area contributed by atoms with Crippen LogP contribution in [0.5, 0.6) is 0 Å². The van der Waals surface area contributed by atoms with Crippen molar-refractivity contribution in [3.05, 3.63) is 53.2 Å². The van der Waals surface area contributed by atoms with Gasteiger partial charge in [0.25, 0.3) is 0 Å². The summed E-state index contributed by atoms with van der Waals surface area (Å²) in [6.45, 7) is 1.35. The van der Waals surface area contributed by atoms with Crippen LogP contribution < -0.4 is 5.73 Å². The van der Waals surface area contributed by atoms with Crippen LogP contribution in [0, 0.1) is 5.82 Å². The number of halogens is 2. The van der Waals surface area contributed by atoms with Gasteiger partial charge < -0.3 is 30.4 Å². The van der Waals surface area contributed by atoms with E-state index >= 15 is 0 Å². The average Bonchev–Trinajstić information content (AvgIpc) is 3.15. The van der Waals surface area contributed by atoms with Gasteiger partial charge in [-0.2, -0.15) is 0 Å². The second-order valence-electron chi connectivity index (χ2n) is 6.95. The van der Waals surface area contributed by atoms with Crippen molar-refractivity contribution in [1.29, 1.82) is 0 Å². The Morgan fingerprint density at radius 3 is 2.82 bits per heavy atom. The molecule has 10 heteroatoms. The molecule has 3 heterocycles. The zero-order chi connectivity index (χ0) is 20.2. The van der Waals surface area contributed by atoms with Gasteiger partial charge in [0.05, 0.1) is 5.39 Å². The largest absolute Gasteiger partial charge is 0.386 e. The summed E-state index contributed by atoms with van der Waals surface area (Å²) in [5, 5.41) is 32.9. The Hall–Kier alpha value is -2.30. The maximum Gasteiger partial charge on any atom is 0.164 e. The smallest absolute Gasteiger partial charge is 0.164 e. The number of nitrogens with zero attached hydrogens (tertiary/aromatic N) is 3. The first kappa shape index (κ1) is 19.0. The van der Waals surface area contributed by atoms with Crippen molar-refractivity contribution in [2.24, 2.45) is 0 Å². The standard InChI is InChI=1S/C18H18ClFN4O4/c1-18(27)13(26)17(24-5-4-10-15(21)22-7-23-16(10)24)28-14(18)12(25)9-3-2-8(20)6-11(9)19/h2-7,12-14,17,25-27H,1H3,(H2,21,22,23)/t12-,13+,14-,17-,18+/m1/s1. The molecule has 1 fully saturated rings. The molecule has 1 saturated heterocycles. The molecule has 28 heavy (non-hydrogen) atoms. The van der Waals surface area contributed by atoms with Crippen molar-refractivity contribution in [3.8, 4) is 0 Å². The molecule has 0 radical (unpaired) electrons. The van der Waals surface area contributed by atoms with Gasteiger partial charge in [0.15, 0.2) is 6.23 Å². The van der Waals surface area contributed by atoms with Gasteiger partial charge >= 0.3 is 0 Å². The summed E-state index contributed by atoms with van der Waals surface area (Å²) in [7, 11) is 0. The third-order valence-electron chi connectivity index (χ3n) is 5.11. The number of ether oxygens (including phenoxy) is 1. The van der Waals surface area contributed by atoms with Crippen LogP contribution in [0.2, 0.25) is 5.02 Å². The summed E-state index contributed by atoms with van der Waals surface area (Å²) in [4.78, 5) is 8.06. The normalized spacial score (nSPS) is 28.7. The molecule has 1 aliphatic rings. The molecule has 0 amide bonds. The first-order chi connectivity index (χ1) is 13.2. The number of hydrogen-bond donors (Lipinski definition) is 4. The third kappa shape index (κ3) is 2.83. The van der Waals surface area contributed by atoms with Crippen molar-refractivity contribution < 1.29 is 24.4 Å². The number of hydrogen-bond acceptors (Lipinski definition) is 7. The number of nitrogens with two attached hydrogens (primary N) is 1. The topological polar surface area (TPSA) is 127 Å². The minimum atomic E-state index is -1.84. The predicted octanol–water partition coefficient (Wildman–Crippen LogP) is 1.55. The van der Waals surface area contributed by atoms with Crippen LogP contribution >= 0.6 is 11.6 Å². The monoisotopic (exact) mass is 408 g/mol. The molecule has 4 rings (SSSR count). The molecule has 0 saturated carbocycles. The number of anilines is 1. The highest BCUT2D eigenvalue weighted by Crippen LogP contribution is 2.44. The number of nitrogen functional groups attached to an aromatic ring is 1. The average molecular weight is 409 g/mol. The van der Waals surface area contributed by atoms with E-state index < -0.39 is 36.0 Å². The lowest BCUT2D eigenvalue weighted by Gasteiger charge is -2.30. The summed E-state index contributed by atoms with van der Waals surface area (Å²) in [5.74, 6) is -0.299. The van der Waals surface area contributed by atoms with Gasteiger partial charge in [-0.15, -0.1) is 0 Å². The maximum absolute atomic E-state index is 13.3. The SMILES string of the molecule is C[C@@]1(O)[C@@H]([C@H](O)c2ccc(F)cc2Cl)O[C@@H](n2ccc3c(N)ncnc32)[C@@H]1O. The van der Waals surface area contributed by atoms with E-state index in [0.29, 0.717) is 11.0 Å². The quantitative estimate of drug-likeness (QED) is 0.517. The Bertz CT molecular complexity index is 1040. The molecule has 0 unspecified atom stereocenters. The van der Waals surface area contributed by atoms with Gasteiger partial charge in [0.1, 0.15) is 47.5 Å². The minimum Gasteiger partial charge on any atom is -0.386 e. The van der Waals surface area contributed by atoms with Crippen molar-refractivity contribution in [1.82, 2.24) is 14.5 Å². The summed E-state index contributed by atoms with van der Waals surface area (Å²) < 4.78 is 20.7. The highest BCUT2D eigenvalue weighted by Gasteiger charge is 2.56. The number of aliphatic hydroxyl groups excluding tert-OH is 2. The van der Waals surface area contributed by atoms with Crippen molar-refractivity contribution in [3.63, 3.8) is 0 Å². The summed E-state index contributed by atoms with van der Waals surface area (Å²) in [5.41, 5.74) is 4.57. The first-order valence-corrected chi connectivity index (χ1v) is 8.85. The molecule has 148 valence electrons. The van der Waals surface area contributed by atoms with Crippen LogP contribution in [0.1, 0.15) is 24.8 Å². The van der Waals surface area contributed by atoms with Crippen LogP contribution in [0.3, 0.4) is 0 Å². The lowest BCUT2D eigenvalue weighted by Crippen LogP contribution is -2.47. The molecule has 5 atom stereocenters. The molecule has 0 aliphatic carbocycles. The molecular weight excluding hydrogens is 391 g/mol. The fourth-order valence-corrected chi connectivity index (χ4v) is 3.81. The number of benzene rings is 1. The molecule has 0 spiro atoms. The lowest BCUT2D eigenvalue weighted by molar-refractivity contribution is -0.114. The van der Waals surface area contributed by atoms with E-state index in [0.717, 1.165) is 12.1 Å². The molecule has 1 aromatic carbocycles. The third-order valence-corrected chi connectivity index (χ3v) is 5.44. The van der Waals surface area contributed by atoms with E-state index in [2.05, 4.69) is 9.97 Å². The molecule has 5 N–H and O–H groups in total. The van der Waals surface area contributed by atoms with E-state index in [4.69, 9.17) is 22.1 Å². The highest BCUT2D eigenvalue weighted by atomic mass is 35.5. The van der Waals surface area contributed by atoms with Gasteiger partial charge in [-0.05, 0) is 25.1 Å². The van der Waals surface area contributed by atoms with Crippen LogP contribution in [-0.2, 0) is 4.74 Å². The van der Waals surface area contributed by atoms with Gasteiger partial charge in [0, 0.05) is 16.8 Å². The Kier molecular flexibility index (Phi) is 4.52. The van der Waals surface area contributed by atoms with E-state index in [1.54, 1.807) is 12.3 Å². The first-order valence-electron chi connectivity index (χ1n) is 8.47.